The van der Waals surface area contributed by atoms with Gasteiger partial charge in [-0.2, -0.15) is 0 Å². The molecule has 8 heteroatoms. The van der Waals surface area contributed by atoms with E-state index in [0.717, 1.165) is 28.3 Å². The topological polar surface area (TPSA) is 69.7 Å². The van der Waals surface area contributed by atoms with E-state index in [1.807, 2.05) is 91.8 Å². The van der Waals surface area contributed by atoms with E-state index in [-0.39, 0.29) is 13.6 Å². The van der Waals surface area contributed by atoms with Gasteiger partial charge in [0.05, 0.1) is 14.2 Å². The fourth-order valence-electron chi connectivity index (χ4n) is 3.27. The van der Waals surface area contributed by atoms with Crippen LogP contribution in [0.5, 0.6) is 17.2 Å². The van der Waals surface area contributed by atoms with E-state index < -0.39 is 6.09 Å². The summed E-state index contributed by atoms with van der Waals surface area (Å²) in [6.45, 7) is 0.459. The number of ether oxygens (including phenoxy) is 5. The second kappa shape index (κ2) is 13.1. The van der Waals surface area contributed by atoms with Gasteiger partial charge in [-0.1, -0.05) is 30.3 Å². The van der Waals surface area contributed by atoms with E-state index in [1.54, 1.807) is 19.1 Å². The maximum Gasteiger partial charge on any atom is 0.412 e. The van der Waals surface area contributed by atoms with Gasteiger partial charge in [0.1, 0.15) is 17.2 Å². The van der Waals surface area contributed by atoms with Crippen LogP contribution >= 0.6 is 0 Å². The molecule has 0 spiro atoms. The van der Waals surface area contributed by atoms with Crippen LogP contribution in [0.3, 0.4) is 0 Å². The highest BCUT2D eigenvalue weighted by molar-refractivity contribution is 5.67. The lowest BCUT2D eigenvalue weighted by Crippen LogP contribution is -2.31. The number of methoxy groups -OCH3 is 2. The Morgan fingerprint density at radius 3 is 1.83 bits per heavy atom. The lowest BCUT2D eigenvalue weighted by Gasteiger charge is -2.22. The number of anilines is 1. The number of hydrogen-bond donors (Lipinski definition) is 0. The van der Waals surface area contributed by atoms with Gasteiger partial charge in [-0.25, -0.2) is 4.79 Å². The Bertz CT molecular complexity index is 1000. The third-order valence-corrected chi connectivity index (χ3v) is 5.23. The number of amides is 1. The van der Waals surface area contributed by atoms with Crippen LogP contribution in [-0.2, 0) is 22.6 Å². The molecule has 0 aliphatic carbocycles. The summed E-state index contributed by atoms with van der Waals surface area (Å²) in [5.74, 6) is 2.17. The van der Waals surface area contributed by atoms with Gasteiger partial charge in [0.2, 0.25) is 0 Å². The largest absolute Gasteiger partial charge is 0.497 e. The van der Waals surface area contributed by atoms with Crippen LogP contribution in [-0.4, -0.2) is 52.9 Å². The molecule has 0 aliphatic heterocycles. The van der Waals surface area contributed by atoms with Crippen LogP contribution in [0.25, 0.3) is 0 Å². The Balaban J connectivity index is 1.55. The SMILES string of the molecule is COc1ccc(CN(Cc2ccc(OC)cc2)C(=O)OCOCOc2cccc(N(C)C)c2)cc1. The first kappa shape index (κ1) is 25.7. The zero-order valence-corrected chi connectivity index (χ0v) is 20.6. The van der Waals surface area contributed by atoms with Gasteiger partial charge < -0.3 is 28.6 Å². The van der Waals surface area contributed by atoms with Crippen molar-refractivity contribution in [3.8, 4) is 17.2 Å². The molecule has 0 aromatic heterocycles. The van der Waals surface area contributed by atoms with Crippen molar-refractivity contribution in [3.05, 3.63) is 83.9 Å². The first-order valence-corrected chi connectivity index (χ1v) is 11.1. The van der Waals surface area contributed by atoms with Gasteiger partial charge in [-0.15, -0.1) is 0 Å². The van der Waals surface area contributed by atoms with Crippen molar-refractivity contribution >= 4 is 11.8 Å². The van der Waals surface area contributed by atoms with Crippen LogP contribution < -0.4 is 19.1 Å². The summed E-state index contributed by atoms with van der Waals surface area (Å²) in [6.07, 6.45) is -0.494. The van der Waals surface area contributed by atoms with Gasteiger partial charge in [0.15, 0.2) is 13.6 Å². The zero-order valence-electron chi connectivity index (χ0n) is 20.6. The minimum absolute atomic E-state index is 0.0406. The Morgan fingerprint density at radius 1 is 0.743 bits per heavy atom. The normalized spacial score (nSPS) is 10.4. The van der Waals surface area contributed by atoms with Crippen molar-refractivity contribution < 1.29 is 28.5 Å². The third-order valence-electron chi connectivity index (χ3n) is 5.23. The summed E-state index contributed by atoms with van der Waals surface area (Å²) in [5, 5.41) is 0. The van der Waals surface area contributed by atoms with Crippen molar-refractivity contribution in [1.29, 1.82) is 0 Å². The molecule has 35 heavy (non-hydrogen) atoms. The van der Waals surface area contributed by atoms with Crippen molar-refractivity contribution in [2.45, 2.75) is 13.1 Å². The quantitative estimate of drug-likeness (QED) is 0.269. The van der Waals surface area contributed by atoms with E-state index in [9.17, 15) is 4.79 Å². The summed E-state index contributed by atoms with van der Waals surface area (Å²) >= 11 is 0. The summed E-state index contributed by atoms with van der Waals surface area (Å²) in [5.41, 5.74) is 2.91. The number of carbonyl (C=O) groups is 1. The first-order chi connectivity index (χ1) is 17.0. The summed E-state index contributed by atoms with van der Waals surface area (Å²) in [4.78, 5) is 16.5. The van der Waals surface area contributed by atoms with Crippen LogP contribution in [0.15, 0.2) is 72.8 Å². The minimum atomic E-state index is -0.494. The first-order valence-electron chi connectivity index (χ1n) is 11.1. The molecule has 0 radical (unpaired) electrons. The lowest BCUT2D eigenvalue weighted by atomic mass is 10.1. The molecule has 0 atom stereocenters. The molecule has 0 unspecified atom stereocenters. The molecular weight excluding hydrogens is 448 g/mol. The smallest absolute Gasteiger partial charge is 0.412 e. The molecule has 0 saturated carbocycles. The van der Waals surface area contributed by atoms with Gasteiger partial charge in [-0.3, -0.25) is 4.90 Å². The second-order valence-electron chi connectivity index (χ2n) is 7.94. The number of carbonyl (C=O) groups excluding carboxylic acids is 1. The van der Waals surface area contributed by atoms with E-state index >= 15 is 0 Å². The van der Waals surface area contributed by atoms with E-state index in [1.165, 1.54) is 0 Å². The molecule has 8 nitrogen and oxygen atoms in total. The molecule has 0 saturated heterocycles. The summed E-state index contributed by atoms with van der Waals surface area (Å²) < 4.78 is 26.8. The van der Waals surface area contributed by atoms with Crippen molar-refractivity contribution in [2.75, 3.05) is 46.8 Å². The fraction of sp³-hybridized carbons (Fsp3) is 0.296. The maximum absolute atomic E-state index is 12.9. The Labute approximate surface area is 206 Å². The Morgan fingerprint density at radius 2 is 1.31 bits per heavy atom. The van der Waals surface area contributed by atoms with Gasteiger partial charge >= 0.3 is 6.09 Å². The number of rotatable bonds is 12. The van der Waals surface area contributed by atoms with E-state index in [4.69, 9.17) is 23.7 Å². The standard InChI is InChI=1S/C27H32N2O6/c1-28(2)23-6-5-7-26(16-23)34-19-33-20-35-27(30)29(17-21-8-12-24(31-3)13-9-21)18-22-10-14-25(32-4)15-11-22/h5-16H,17-20H2,1-4H3. The highest BCUT2D eigenvalue weighted by Gasteiger charge is 2.17. The van der Waals surface area contributed by atoms with Gasteiger partial charge in [0, 0.05) is 38.9 Å². The highest BCUT2D eigenvalue weighted by Crippen LogP contribution is 2.20. The molecule has 0 heterocycles. The number of hydrogen-bond acceptors (Lipinski definition) is 7. The molecule has 3 aromatic carbocycles. The third kappa shape index (κ3) is 8.12. The number of benzene rings is 3. The molecule has 0 N–H and O–H groups in total. The van der Waals surface area contributed by atoms with Crippen molar-refractivity contribution in [2.24, 2.45) is 0 Å². The van der Waals surface area contributed by atoms with Crippen molar-refractivity contribution in [3.63, 3.8) is 0 Å². The van der Waals surface area contributed by atoms with Gasteiger partial charge in [0.25, 0.3) is 0 Å². The summed E-state index contributed by atoms with van der Waals surface area (Å²) in [7, 11) is 7.15. The fourth-order valence-corrected chi connectivity index (χ4v) is 3.27. The van der Waals surface area contributed by atoms with Crippen LogP contribution in [0.1, 0.15) is 11.1 Å². The van der Waals surface area contributed by atoms with Crippen molar-refractivity contribution in [1.82, 2.24) is 4.90 Å². The summed E-state index contributed by atoms with van der Waals surface area (Å²) in [6, 6.07) is 22.7. The Kier molecular flexibility index (Phi) is 9.62. The zero-order chi connectivity index (χ0) is 25.0. The predicted octanol–water partition coefficient (Wildman–Crippen LogP) is 4.92. The van der Waals surface area contributed by atoms with Gasteiger partial charge in [-0.05, 0) is 47.5 Å². The Hall–Kier alpha value is -3.91. The van der Waals surface area contributed by atoms with Crippen LogP contribution in [0.2, 0.25) is 0 Å². The molecule has 0 bridgehead atoms. The van der Waals surface area contributed by atoms with Crippen LogP contribution in [0.4, 0.5) is 10.5 Å². The number of nitrogens with zero attached hydrogens (tertiary/aromatic N) is 2. The lowest BCUT2D eigenvalue weighted by molar-refractivity contribution is -0.0779. The molecule has 3 aromatic rings. The minimum Gasteiger partial charge on any atom is -0.497 e. The second-order valence-corrected chi connectivity index (χ2v) is 7.94. The molecule has 3 rings (SSSR count). The molecule has 0 aliphatic rings. The average Bonchev–Trinajstić information content (AvgIpc) is 2.89. The molecular formula is C27H32N2O6. The highest BCUT2D eigenvalue weighted by atomic mass is 16.7. The predicted molar refractivity (Wildman–Crippen MR) is 134 cm³/mol. The van der Waals surface area contributed by atoms with Crippen LogP contribution in [0, 0.1) is 0 Å². The molecule has 186 valence electrons. The van der Waals surface area contributed by atoms with E-state index in [0.29, 0.717) is 18.8 Å². The monoisotopic (exact) mass is 480 g/mol. The van der Waals surface area contributed by atoms with E-state index in [2.05, 4.69) is 0 Å². The molecule has 0 fully saturated rings. The maximum atomic E-state index is 12.9. The molecule has 1 amide bonds. The average molecular weight is 481 g/mol.